The minimum Gasteiger partial charge on any atom is -0.618 e. The lowest BCUT2D eigenvalue weighted by Crippen LogP contribution is -2.33. The standard InChI is InChI=1S/C15H16N2O2S/c1-12(20-14-9-5-6-10-17(14)19)15(18)16-11-13-7-3-2-4-8-13/h2-10,12H,11H2,1H3,(H,16,18). The van der Waals surface area contributed by atoms with Gasteiger partial charge in [-0.05, 0) is 30.3 Å². The number of thioether (sulfide) groups is 1. The predicted octanol–water partition coefficient (Wildman–Crippen LogP) is 2.12. The summed E-state index contributed by atoms with van der Waals surface area (Å²) >= 11 is 1.25. The Morgan fingerprint density at radius 2 is 1.95 bits per heavy atom. The fraction of sp³-hybridized carbons (Fsp3) is 0.200. The van der Waals surface area contributed by atoms with E-state index in [9.17, 15) is 10.0 Å². The SMILES string of the molecule is CC(Sc1cccc[n+]1[O-])C(=O)NCc1ccccc1. The molecule has 4 nitrogen and oxygen atoms in total. The number of amides is 1. The van der Waals surface area contributed by atoms with Crippen molar-refractivity contribution in [1.29, 1.82) is 0 Å². The van der Waals surface area contributed by atoms with Crippen LogP contribution in [0, 0.1) is 5.21 Å². The molecule has 1 unspecified atom stereocenters. The Morgan fingerprint density at radius 3 is 2.65 bits per heavy atom. The fourth-order valence-electron chi connectivity index (χ4n) is 1.67. The van der Waals surface area contributed by atoms with Gasteiger partial charge in [0.25, 0.3) is 5.03 Å². The van der Waals surface area contributed by atoms with Gasteiger partial charge in [-0.3, -0.25) is 4.79 Å². The summed E-state index contributed by atoms with van der Waals surface area (Å²) in [6, 6.07) is 14.9. The van der Waals surface area contributed by atoms with Crippen LogP contribution in [0.1, 0.15) is 12.5 Å². The maximum atomic E-state index is 12.0. The molecule has 1 aromatic heterocycles. The minimum absolute atomic E-state index is 0.0808. The van der Waals surface area contributed by atoms with Crippen LogP contribution in [-0.4, -0.2) is 11.2 Å². The average molecular weight is 288 g/mol. The highest BCUT2D eigenvalue weighted by molar-refractivity contribution is 8.00. The molecule has 0 saturated carbocycles. The third-order valence-electron chi connectivity index (χ3n) is 2.76. The number of carbonyl (C=O) groups excluding carboxylic acids is 1. The minimum atomic E-state index is -0.318. The van der Waals surface area contributed by atoms with E-state index in [4.69, 9.17) is 0 Å². The molecule has 5 heteroatoms. The van der Waals surface area contributed by atoms with Gasteiger partial charge in [-0.25, -0.2) is 0 Å². The zero-order chi connectivity index (χ0) is 14.4. The topological polar surface area (TPSA) is 56.0 Å². The van der Waals surface area contributed by atoms with E-state index in [-0.39, 0.29) is 11.2 Å². The number of nitrogens with one attached hydrogen (secondary N) is 1. The molecular weight excluding hydrogens is 272 g/mol. The van der Waals surface area contributed by atoms with Crippen molar-refractivity contribution in [1.82, 2.24) is 5.32 Å². The molecule has 104 valence electrons. The number of hydrogen-bond acceptors (Lipinski definition) is 3. The van der Waals surface area contributed by atoms with Gasteiger partial charge >= 0.3 is 0 Å². The van der Waals surface area contributed by atoms with Gasteiger partial charge in [0.2, 0.25) is 5.91 Å². The third kappa shape index (κ3) is 3.99. The van der Waals surface area contributed by atoms with Crippen LogP contribution in [0.5, 0.6) is 0 Å². The van der Waals surface area contributed by atoms with Gasteiger partial charge in [-0.2, -0.15) is 4.73 Å². The number of benzene rings is 1. The molecule has 1 aromatic carbocycles. The Balaban J connectivity index is 1.88. The Kier molecular flexibility index (Phi) is 5.01. The number of hydrogen-bond donors (Lipinski definition) is 1. The van der Waals surface area contributed by atoms with Crippen LogP contribution in [0.4, 0.5) is 0 Å². The molecule has 0 aliphatic carbocycles. The molecule has 1 atom stereocenters. The molecule has 20 heavy (non-hydrogen) atoms. The van der Waals surface area contributed by atoms with E-state index in [0.717, 1.165) is 10.3 Å². The second-order valence-electron chi connectivity index (χ2n) is 4.33. The highest BCUT2D eigenvalue weighted by Crippen LogP contribution is 2.19. The lowest BCUT2D eigenvalue weighted by atomic mass is 10.2. The number of carbonyl (C=O) groups is 1. The summed E-state index contributed by atoms with van der Waals surface area (Å²) in [6.07, 6.45) is 1.43. The Hall–Kier alpha value is -2.01. The lowest BCUT2D eigenvalue weighted by Gasteiger charge is -2.11. The van der Waals surface area contributed by atoms with Gasteiger partial charge in [0.1, 0.15) is 0 Å². The predicted molar refractivity (Wildman–Crippen MR) is 79.0 cm³/mol. The van der Waals surface area contributed by atoms with Crippen LogP contribution in [0.25, 0.3) is 0 Å². The van der Waals surface area contributed by atoms with Crippen LogP contribution in [0.3, 0.4) is 0 Å². The maximum absolute atomic E-state index is 12.0. The van der Waals surface area contributed by atoms with Crippen molar-refractivity contribution in [3.05, 3.63) is 65.5 Å². The van der Waals surface area contributed by atoms with E-state index >= 15 is 0 Å². The molecule has 0 radical (unpaired) electrons. The first-order valence-electron chi connectivity index (χ1n) is 6.33. The lowest BCUT2D eigenvalue weighted by molar-refractivity contribution is -0.645. The molecule has 0 fully saturated rings. The van der Waals surface area contributed by atoms with E-state index in [1.807, 2.05) is 30.3 Å². The Bertz CT molecular complexity index is 575. The van der Waals surface area contributed by atoms with Crippen molar-refractivity contribution in [2.45, 2.75) is 23.7 Å². The highest BCUT2D eigenvalue weighted by atomic mass is 32.2. The molecule has 1 N–H and O–H groups in total. The summed E-state index contributed by atoms with van der Waals surface area (Å²) in [4.78, 5) is 12.0. The molecule has 0 bridgehead atoms. The quantitative estimate of drug-likeness (QED) is 0.521. The van der Waals surface area contributed by atoms with Crippen LogP contribution in [0.2, 0.25) is 0 Å². The summed E-state index contributed by atoms with van der Waals surface area (Å²) in [5, 5.41) is 14.6. The number of aromatic nitrogens is 1. The molecule has 0 spiro atoms. The van der Waals surface area contributed by atoms with Gasteiger partial charge in [0.15, 0.2) is 6.20 Å². The van der Waals surface area contributed by atoms with Crippen LogP contribution < -0.4 is 10.0 Å². The second kappa shape index (κ2) is 6.96. The second-order valence-corrected chi connectivity index (χ2v) is 5.69. The first-order valence-corrected chi connectivity index (χ1v) is 7.21. The number of pyridine rings is 1. The fourth-order valence-corrected chi connectivity index (χ4v) is 2.54. The zero-order valence-corrected chi connectivity index (χ0v) is 12.0. The molecule has 1 amide bonds. The van der Waals surface area contributed by atoms with Crippen LogP contribution in [-0.2, 0) is 11.3 Å². The van der Waals surface area contributed by atoms with Crippen molar-refractivity contribution in [3.8, 4) is 0 Å². The van der Waals surface area contributed by atoms with E-state index < -0.39 is 0 Å². The molecule has 0 saturated heterocycles. The Labute approximate surface area is 122 Å². The van der Waals surface area contributed by atoms with Crippen LogP contribution >= 0.6 is 11.8 Å². The highest BCUT2D eigenvalue weighted by Gasteiger charge is 2.18. The van der Waals surface area contributed by atoms with E-state index in [0.29, 0.717) is 11.6 Å². The normalized spacial score (nSPS) is 11.8. The van der Waals surface area contributed by atoms with Crippen molar-refractivity contribution in [2.75, 3.05) is 0 Å². The zero-order valence-electron chi connectivity index (χ0n) is 11.2. The maximum Gasteiger partial charge on any atom is 0.252 e. The van der Waals surface area contributed by atoms with Gasteiger partial charge in [-0.1, -0.05) is 30.3 Å². The summed E-state index contributed by atoms with van der Waals surface area (Å²) in [5.41, 5.74) is 1.05. The smallest absolute Gasteiger partial charge is 0.252 e. The molecule has 1 heterocycles. The van der Waals surface area contributed by atoms with E-state index in [2.05, 4.69) is 5.32 Å². The molecule has 0 aliphatic heterocycles. The summed E-state index contributed by atoms with van der Waals surface area (Å²) < 4.78 is 0.769. The van der Waals surface area contributed by atoms with Crippen LogP contribution in [0.15, 0.2) is 59.8 Å². The summed E-state index contributed by atoms with van der Waals surface area (Å²) in [5.74, 6) is -0.0808. The van der Waals surface area contributed by atoms with E-state index in [1.165, 1.54) is 18.0 Å². The number of rotatable bonds is 5. The first-order chi connectivity index (χ1) is 9.66. The van der Waals surface area contributed by atoms with Crippen molar-refractivity contribution in [2.24, 2.45) is 0 Å². The van der Waals surface area contributed by atoms with Gasteiger partial charge in [0, 0.05) is 18.7 Å². The molecule has 2 aromatic rings. The van der Waals surface area contributed by atoms with Gasteiger partial charge in [-0.15, -0.1) is 0 Å². The largest absolute Gasteiger partial charge is 0.618 e. The average Bonchev–Trinajstić information content (AvgIpc) is 2.48. The molecule has 2 rings (SSSR count). The summed E-state index contributed by atoms with van der Waals surface area (Å²) in [6.45, 7) is 2.29. The van der Waals surface area contributed by atoms with Crippen molar-refractivity contribution in [3.63, 3.8) is 0 Å². The van der Waals surface area contributed by atoms with Crippen molar-refractivity contribution >= 4 is 17.7 Å². The third-order valence-corrected chi connectivity index (χ3v) is 3.89. The van der Waals surface area contributed by atoms with E-state index in [1.54, 1.807) is 25.1 Å². The summed E-state index contributed by atoms with van der Waals surface area (Å²) in [7, 11) is 0. The first kappa shape index (κ1) is 14.4. The van der Waals surface area contributed by atoms with Crippen molar-refractivity contribution < 1.29 is 9.52 Å². The van der Waals surface area contributed by atoms with Gasteiger partial charge in [0.05, 0.1) is 5.25 Å². The van der Waals surface area contributed by atoms with Gasteiger partial charge < -0.3 is 10.5 Å². The monoisotopic (exact) mass is 288 g/mol. The Morgan fingerprint density at radius 1 is 1.25 bits per heavy atom. The molecular formula is C15H16N2O2S. The number of nitrogens with zero attached hydrogens (tertiary/aromatic N) is 1. The molecule has 0 aliphatic rings.